The van der Waals surface area contributed by atoms with E-state index in [0.717, 1.165) is 0 Å². The van der Waals surface area contributed by atoms with Crippen LogP contribution >= 0.6 is 0 Å². The zero-order chi connectivity index (χ0) is 18.5. The van der Waals surface area contributed by atoms with E-state index in [1.54, 1.807) is 66.7 Å². The van der Waals surface area contributed by atoms with Crippen molar-refractivity contribution < 1.29 is 20.1 Å². The summed E-state index contributed by atoms with van der Waals surface area (Å²) < 4.78 is 0. The summed E-state index contributed by atoms with van der Waals surface area (Å²) in [5.41, 5.74) is 1.30. The maximum atomic E-state index is 12.5. The lowest BCUT2D eigenvalue weighted by molar-refractivity contribution is 0.0986. The van der Waals surface area contributed by atoms with Crippen molar-refractivity contribution >= 4 is 5.78 Å². The highest BCUT2D eigenvalue weighted by Gasteiger charge is 2.21. The first-order valence-corrected chi connectivity index (χ1v) is 8.18. The van der Waals surface area contributed by atoms with Crippen LogP contribution in [-0.2, 0) is 0 Å². The lowest BCUT2D eigenvalue weighted by atomic mass is 9.96. The first kappa shape index (κ1) is 17.5. The van der Waals surface area contributed by atoms with E-state index in [9.17, 15) is 20.1 Å². The van der Waals surface area contributed by atoms with Crippen molar-refractivity contribution in [3.63, 3.8) is 0 Å². The molecule has 3 aromatic carbocycles. The third-order valence-electron chi connectivity index (χ3n) is 4.17. The lowest BCUT2D eigenvalue weighted by Gasteiger charge is -2.21. The predicted octanol–water partition coefficient (Wildman–Crippen LogP) is 3.37. The van der Waals surface area contributed by atoms with Gasteiger partial charge in [0.15, 0.2) is 5.78 Å². The van der Waals surface area contributed by atoms with E-state index in [2.05, 4.69) is 5.32 Å². The van der Waals surface area contributed by atoms with Gasteiger partial charge in [0.25, 0.3) is 0 Å². The minimum Gasteiger partial charge on any atom is -0.508 e. The van der Waals surface area contributed by atoms with Crippen LogP contribution in [0.5, 0.6) is 17.2 Å². The average molecular weight is 349 g/mol. The van der Waals surface area contributed by atoms with Gasteiger partial charge in [0.05, 0.1) is 18.2 Å². The fraction of sp³-hybridized carbons (Fsp3) is 0.0952. The number of rotatable bonds is 6. The predicted molar refractivity (Wildman–Crippen MR) is 98.5 cm³/mol. The highest BCUT2D eigenvalue weighted by atomic mass is 16.3. The molecule has 26 heavy (non-hydrogen) atoms. The number of aromatic hydroxyl groups is 3. The summed E-state index contributed by atoms with van der Waals surface area (Å²) in [6.07, 6.45) is 0. The molecule has 0 saturated heterocycles. The van der Waals surface area contributed by atoms with Crippen molar-refractivity contribution in [1.82, 2.24) is 5.32 Å². The maximum Gasteiger partial charge on any atom is 0.180 e. The minimum absolute atomic E-state index is 0.0586. The number of Topliss-reactive ketones (excluding diaryl/α,β-unsaturated/α-hetero) is 1. The van der Waals surface area contributed by atoms with Crippen molar-refractivity contribution in [2.45, 2.75) is 6.04 Å². The van der Waals surface area contributed by atoms with Crippen LogP contribution in [0, 0.1) is 0 Å². The molecule has 0 saturated carbocycles. The third kappa shape index (κ3) is 3.68. The van der Waals surface area contributed by atoms with E-state index in [1.807, 2.05) is 0 Å². The summed E-state index contributed by atoms with van der Waals surface area (Å²) in [5, 5.41) is 33.3. The second kappa shape index (κ2) is 7.72. The summed E-state index contributed by atoms with van der Waals surface area (Å²) >= 11 is 0. The van der Waals surface area contributed by atoms with Crippen LogP contribution in [-0.4, -0.2) is 27.6 Å². The van der Waals surface area contributed by atoms with E-state index in [-0.39, 0.29) is 35.1 Å². The molecule has 0 atom stereocenters. The van der Waals surface area contributed by atoms with Gasteiger partial charge >= 0.3 is 0 Å². The SMILES string of the molecule is O=C(CNC(c1ccccc1O)c1ccccc1O)c1ccccc1O. The van der Waals surface area contributed by atoms with Crippen molar-refractivity contribution in [2.24, 2.45) is 0 Å². The van der Waals surface area contributed by atoms with Crippen LogP contribution in [0.25, 0.3) is 0 Å². The zero-order valence-electron chi connectivity index (χ0n) is 14.0. The molecule has 0 fully saturated rings. The monoisotopic (exact) mass is 349 g/mol. The number of carbonyl (C=O) groups is 1. The van der Waals surface area contributed by atoms with Crippen LogP contribution in [0.2, 0.25) is 0 Å². The van der Waals surface area contributed by atoms with E-state index in [1.165, 1.54) is 6.07 Å². The molecule has 5 nitrogen and oxygen atoms in total. The fourth-order valence-electron chi connectivity index (χ4n) is 2.85. The Bertz CT molecular complexity index is 878. The summed E-state index contributed by atoms with van der Waals surface area (Å²) in [6, 6.07) is 19.2. The zero-order valence-corrected chi connectivity index (χ0v) is 14.0. The number of ketones is 1. The molecule has 0 aromatic heterocycles. The normalized spacial score (nSPS) is 10.8. The maximum absolute atomic E-state index is 12.5. The Balaban J connectivity index is 1.90. The lowest BCUT2D eigenvalue weighted by Crippen LogP contribution is -2.28. The number of para-hydroxylation sites is 3. The van der Waals surface area contributed by atoms with Crippen LogP contribution in [0.4, 0.5) is 0 Å². The van der Waals surface area contributed by atoms with Crippen molar-refractivity contribution in [3.8, 4) is 17.2 Å². The number of benzene rings is 3. The molecule has 3 aromatic rings. The molecule has 0 unspecified atom stereocenters. The van der Waals surface area contributed by atoms with Gasteiger partial charge < -0.3 is 15.3 Å². The molecule has 0 amide bonds. The molecule has 0 aliphatic heterocycles. The molecule has 0 spiro atoms. The first-order valence-electron chi connectivity index (χ1n) is 8.18. The van der Waals surface area contributed by atoms with Crippen molar-refractivity contribution in [1.29, 1.82) is 0 Å². The van der Waals surface area contributed by atoms with E-state index in [0.29, 0.717) is 11.1 Å². The van der Waals surface area contributed by atoms with Gasteiger partial charge in [-0.25, -0.2) is 0 Å². The summed E-state index contributed by atoms with van der Waals surface area (Å²) in [4.78, 5) is 12.5. The average Bonchev–Trinajstić information content (AvgIpc) is 2.64. The Labute approximate surface area is 151 Å². The second-order valence-electron chi connectivity index (χ2n) is 5.87. The summed E-state index contributed by atoms with van der Waals surface area (Å²) in [6.45, 7) is -0.0785. The Morgan fingerprint density at radius 1 is 0.731 bits per heavy atom. The van der Waals surface area contributed by atoms with Gasteiger partial charge in [0.1, 0.15) is 17.2 Å². The quantitative estimate of drug-likeness (QED) is 0.512. The smallest absolute Gasteiger partial charge is 0.180 e. The summed E-state index contributed by atoms with van der Waals surface area (Å²) in [5.74, 6) is -0.258. The molecule has 132 valence electrons. The molecule has 4 N–H and O–H groups in total. The standard InChI is InChI=1S/C21H19NO4/c23-17-10-4-1-7-14(17)20(26)13-22-21(15-8-2-5-11-18(15)24)16-9-3-6-12-19(16)25/h1-12,21-25H,13H2. The number of hydrogen-bond donors (Lipinski definition) is 4. The van der Waals surface area contributed by atoms with Gasteiger partial charge in [0.2, 0.25) is 0 Å². The van der Waals surface area contributed by atoms with Crippen molar-refractivity contribution in [3.05, 3.63) is 89.5 Å². The molecular weight excluding hydrogens is 330 g/mol. The Kier molecular flexibility index (Phi) is 5.20. The molecule has 0 heterocycles. The third-order valence-corrected chi connectivity index (χ3v) is 4.17. The van der Waals surface area contributed by atoms with Crippen LogP contribution in [0.15, 0.2) is 72.8 Å². The van der Waals surface area contributed by atoms with Crippen LogP contribution in [0.3, 0.4) is 0 Å². The van der Waals surface area contributed by atoms with Crippen molar-refractivity contribution in [2.75, 3.05) is 6.54 Å². The van der Waals surface area contributed by atoms with Gasteiger partial charge in [0, 0.05) is 11.1 Å². The van der Waals surface area contributed by atoms with Gasteiger partial charge in [-0.2, -0.15) is 0 Å². The number of phenolic OH excluding ortho intramolecular Hbond substituents is 3. The molecule has 0 bridgehead atoms. The Morgan fingerprint density at radius 3 is 1.69 bits per heavy atom. The molecule has 0 aliphatic carbocycles. The minimum atomic E-state index is -0.591. The summed E-state index contributed by atoms with van der Waals surface area (Å²) in [7, 11) is 0. The van der Waals surface area contributed by atoms with Gasteiger partial charge in [-0.05, 0) is 24.3 Å². The number of carbonyl (C=O) groups excluding carboxylic acids is 1. The molecule has 5 heteroatoms. The molecule has 0 radical (unpaired) electrons. The second-order valence-corrected chi connectivity index (χ2v) is 5.87. The van der Waals surface area contributed by atoms with E-state index < -0.39 is 6.04 Å². The number of phenols is 3. The first-order chi connectivity index (χ1) is 12.6. The van der Waals surface area contributed by atoms with Gasteiger partial charge in [-0.1, -0.05) is 48.5 Å². The largest absolute Gasteiger partial charge is 0.508 e. The topological polar surface area (TPSA) is 89.8 Å². The van der Waals surface area contributed by atoms with Gasteiger partial charge in [-0.15, -0.1) is 0 Å². The van der Waals surface area contributed by atoms with E-state index in [4.69, 9.17) is 0 Å². The highest BCUT2D eigenvalue weighted by Crippen LogP contribution is 2.33. The molecule has 3 rings (SSSR count). The number of hydrogen-bond acceptors (Lipinski definition) is 5. The van der Waals surface area contributed by atoms with E-state index >= 15 is 0 Å². The molecular formula is C21H19NO4. The number of nitrogens with one attached hydrogen (secondary N) is 1. The van der Waals surface area contributed by atoms with Crippen LogP contribution in [0.1, 0.15) is 27.5 Å². The highest BCUT2D eigenvalue weighted by molar-refractivity contribution is 6.00. The van der Waals surface area contributed by atoms with Gasteiger partial charge in [-0.3, -0.25) is 10.1 Å². The van der Waals surface area contributed by atoms with Crippen LogP contribution < -0.4 is 5.32 Å². The Morgan fingerprint density at radius 2 is 1.19 bits per heavy atom. The fourth-order valence-corrected chi connectivity index (χ4v) is 2.85. The Hall–Kier alpha value is -3.31. The molecule has 0 aliphatic rings.